The molecule has 82 valence electrons. The third-order valence-corrected chi connectivity index (χ3v) is 2.19. The van der Waals surface area contributed by atoms with Crippen molar-refractivity contribution >= 4 is 24.2 Å². The summed E-state index contributed by atoms with van der Waals surface area (Å²) in [6, 6.07) is 18.6. The smallest absolute Gasteiger partial charge is 0.423 e. The van der Waals surface area contributed by atoms with Crippen LogP contribution in [0.3, 0.4) is 0 Å². The van der Waals surface area contributed by atoms with Gasteiger partial charge in [0.1, 0.15) is 0 Å². The lowest BCUT2D eigenvalue weighted by molar-refractivity contribution is 0.426. The molecule has 0 spiro atoms. The van der Waals surface area contributed by atoms with Crippen LogP contribution in [0.1, 0.15) is 0 Å². The van der Waals surface area contributed by atoms with Gasteiger partial charge in [-0.05, 0) is 6.07 Å². The van der Waals surface area contributed by atoms with Crippen molar-refractivity contribution in [3.63, 3.8) is 0 Å². The lowest BCUT2D eigenvalue weighted by atomic mass is 9.80. The van der Waals surface area contributed by atoms with Crippen LogP contribution in [0, 0.1) is 0 Å². The largest absolute Gasteiger partial charge is 0.489 e. The minimum Gasteiger partial charge on any atom is -0.423 e. The van der Waals surface area contributed by atoms with E-state index in [1.807, 2.05) is 36.4 Å². The second-order valence-corrected chi connectivity index (χ2v) is 3.46. The van der Waals surface area contributed by atoms with Gasteiger partial charge in [0.25, 0.3) is 0 Å². The van der Waals surface area contributed by atoms with Crippen LogP contribution in [0.15, 0.2) is 60.7 Å². The third kappa shape index (κ3) is 4.49. The van der Waals surface area contributed by atoms with Crippen LogP contribution in [0.25, 0.3) is 0 Å². The maximum absolute atomic E-state index is 8.68. The van der Waals surface area contributed by atoms with Crippen LogP contribution in [-0.4, -0.2) is 17.2 Å². The summed E-state index contributed by atoms with van der Waals surface area (Å²) in [4.78, 5) is 0. The lowest BCUT2D eigenvalue weighted by Crippen LogP contribution is -2.30. The van der Waals surface area contributed by atoms with E-state index in [1.54, 1.807) is 24.3 Å². The Bertz CT molecular complexity index is 380. The van der Waals surface area contributed by atoms with Crippen LogP contribution in [0.5, 0.6) is 0 Å². The zero-order chi connectivity index (χ0) is 11.8. The van der Waals surface area contributed by atoms with Crippen molar-refractivity contribution in [2.45, 2.75) is 0 Å². The predicted molar refractivity (Wildman–Crippen MR) is 67.7 cm³/mol. The second kappa shape index (κ2) is 7.07. The first-order valence-electron chi connectivity index (χ1n) is 4.82. The summed E-state index contributed by atoms with van der Waals surface area (Å²) in [6.45, 7) is 0. The Kier molecular flexibility index (Phi) is 5.64. The second-order valence-electron chi connectivity index (χ2n) is 3.05. The summed E-state index contributed by atoms with van der Waals surface area (Å²) >= 11 is 5.60. The van der Waals surface area contributed by atoms with Crippen molar-refractivity contribution in [2.75, 3.05) is 0 Å². The number of hydrogen-bond acceptors (Lipinski definition) is 2. The Morgan fingerprint density at radius 1 is 0.750 bits per heavy atom. The molecule has 0 heterocycles. The number of halogens is 1. The summed E-state index contributed by atoms with van der Waals surface area (Å²) in [5, 5.41) is 17.7. The molecule has 4 heteroatoms. The molecule has 0 saturated heterocycles. The van der Waals surface area contributed by atoms with Gasteiger partial charge in [0.05, 0.1) is 0 Å². The molecule has 0 bridgehead atoms. The van der Waals surface area contributed by atoms with Crippen molar-refractivity contribution in [1.29, 1.82) is 0 Å². The quantitative estimate of drug-likeness (QED) is 0.738. The molecular weight excluding hydrogens is 222 g/mol. The van der Waals surface area contributed by atoms with Crippen molar-refractivity contribution < 1.29 is 10.0 Å². The first-order chi connectivity index (χ1) is 7.72. The zero-order valence-electron chi connectivity index (χ0n) is 8.62. The Hall–Kier alpha value is -1.29. The molecular formula is C12H12BClO2. The predicted octanol–water partition coefficient (Wildman–Crippen LogP) is 1.71. The monoisotopic (exact) mass is 234 g/mol. The van der Waals surface area contributed by atoms with E-state index in [0.29, 0.717) is 10.5 Å². The fourth-order valence-electron chi connectivity index (χ4n) is 1.07. The average Bonchev–Trinajstić information content (AvgIpc) is 2.32. The van der Waals surface area contributed by atoms with Gasteiger partial charge in [0, 0.05) is 10.5 Å². The van der Waals surface area contributed by atoms with E-state index in [-0.39, 0.29) is 0 Å². The van der Waals surface area contributed by atoms with Gasteiger partial charge < -0.3 is 10.0 Å². The average molecular weight is 234 g/mol. The summed E-state index contributed by atoms with van der Waals surface area (Å²) in [5.41, 5.74) is 0.337. The van der Waals surface area contributed by atoms with Crippen LogP contribution in [0.4, 0.5) is 0 Å². The minimum atomic E-state index is -1.48. The van der Waals surface area contributed by atoms with Crippen LogP contribution in [0.2, 0.25) is 5.02 Å². The summed E-state index contributed by atoms with van der Waals surface area (Å²) in [7, 11) is -1.48. The molecule has 0 aromatic heterocycles. The lowest BCUT2D eigenvalue weighted by Gasteiger charge is -1.99. The van der Waals surface area contributed by atoms with E-state index in [1.165, 1.54) is 0 Å². The minimum absolute atomic E-state index is 0.337. The fraction of sp³-hybridized carbons (Fsp3) is 0. The van der Waals surface area contributed by atoms with Gasteiger partial charge >= 0.3 is 7.12 Å². The molecule has 0 radical (unpaired) electrons. The van der Waals surface area contributed by atoms with Crippen LogP contribution in [-0.2, 0) is 0 Å². The molecule has 2 rings (SSSR count). The first kappa shape index (κ1) is 12.8. The third-order valence-electron chi connectivity index (χ3n) is 1.85. The Morgan fingerprint density at radius 2 is 1.19 bits per heavy atom. The number of hydrogen-bond donors (Lipinski definition) is 2. The molecule has 16 heavy (non-hydrogen) atoms. The molecule has 0 saturated carbocycles. The molecule has 2 aromatic rings. The fourth-order valence-corrected chi connectivity index (χ4v) is 1.30. The molecule has 2 nitrogen and oxygen atoms in total. The van der Waals surface area contributed by atoms with E-state index in [9.17, 15) is 0 Å². The van der Waals surface area contributed by atoms with Gasteiger partial charge in [-0.3, -0.25) is 0 Å². The van der Waals surface area contributed by atoms with Crippen molar-refractivity contribution in [2.24, 2.45) is 0 Å². The van der Waals surface area contributed by atoms with E-state index in [4.69, 9.17) is 21.6 Å². The highest BCUT2D eigenvalue weighted by atomic mass is 35.5. The Balaban J connectivity index is 0.000000181. The summed E-state index contributed by atoms with van der Waals surface area (Å²) < 4.78 is 0. The highest BCUT2D eigenvalue weighted by Gasteiger charge is 2.12. The molecule has 0 atom stereocenters. The topological polar surface area (TPSA) is 40.5 Å². The Morgan fingerprint density at radius 3 is 1.50 bits per heavy atom. The summed E-state index contributed by atoms with van der Waals surface area (Å²) in [5.74, 6) is 0. The molecule has 0 aliphatic rings. The van der Waals surface area contributed by atoms with Gasteiger partial charge in [-0.15, -0.1) is 0 Å². The van der Waals surface area contributed by atoms with E-state index in [0.717, 1.165) is 0 Å². The van der Waals surface area contributed by atoms with E-state index in [2.05, 4.69) is 0 Å². The molecule has 0 aliphatic carbocycles. The molecule has 2 N–H and O–H groups in total. The standard InChI is InChI=1S/C6H6BClO2.C6H6/c8-6-4-2-1-3-5(6)7(9)10;1-2-4-6-5-3-1/h1-4,9-10H;1-6H. The van der Waals surface area contributed by atoms with Gasteiger partial charge in [0.15, 0.2) is 0 Å². The van der Waals surface area contributed by atoms with Crippen LogP contribution < -0.4 is 5.46 Å². The number of benzene rings is 2. The molecule has 0 aliphatic heterocycles. The zero-order valence-corrected chi connectivity index (χ0v) is 9.38. The van der Waals surface area contributed by atoms with Gasteiger partial charge in [0.2, 0.25) is 0 Å². The van der Waals surface area contributed by atoms with Crippen molar-refractivity contribution in [3.05, 3.63) is 65.7 Å². The van der Waals surface area contributed by atoms with E-state index < -0.39 is 7.12 Å². The maximum Gasteiger partial charge on any atom is 0.489 e. The summed E-state index contributed by atoms with van der Waals surface area (Å²) in [6.07, 6.45) is 0. The molecule has 0 fully saturated rings. The molecule has 0 amide bonds. The van der Waals surface area contributed by atoms with Gasteiger partial charge in [-0.2, -0.15) is 0 Å². The first-order valence-corrected chi connectivity index (χ1v) is 5.20. The van der Waals surface area contributed by atoms with Gasteiger partial charge in [-0.25, -0.2) is 0 Å². The number of rotatable bonds is 1. The highest BCUT2D eigenvalue weighted by molar-refractivity contribution is 6.62. The van der Waals surface area contributed by atoms with Crippen molar-refractivity contribution in [1.82, 2.24) is 0 Å². The van der Waals surface area contributed by atoms with Crippen molar-refractivity contribution in [3.8, 4) is 0 Å². The highest BCUT2D eigenvalue weighted by Crippen LogP contribution is 2.02. The SMILES string of the molecule is OB(O)c1ccccc1Cl.c1ccccc1. The maximum atomic E-state index is 8.68. The van der Waals surface area contributed by atoms with Crippen LogP contribution >= 0.6 is 11.6 Å². The molecule has 2 aromatic carbocycles. The normalized spacial score (nSPS) is 8.94. The van der Waals surface area contributed by atoms with E-state index >= 15 is 0 Å². The van der Waals surface area contributed by atoms with Gasteiger partial charge in [-0.1, -0.05) is 66.2 Å². The Labute approximate surface area is 100 Å². The molecule has 0 unspecified atom stereocenters.